The fraction of sp³-hybridized carbons (Fsp3) is 0.348. The fourth-order valence-corrected chi connectivity index (χ4v) is 7.33. The largest absolute Gasteiger partial charge is 0.506 e. The monoisotopic (exact) mass is 786 g/mol. The molecule has 304 valence electrons. The first-order valence-corrected chi connectivity index (χ1v) is 20.2. The van der Waals surface area contributed by atoms with Gasteiger partial charge < -0.3 is 35.3 Å². The fourth-order valence-electron chi connectivity index (χ4n) is 7.33. The number of phenolic OH excluding ortho intramolecular Hbond substituents is 1. The Morgan fingerprint density at radius 3 is 2.45 bits per heavy atom. The Balaban J connectivity index is 0.810. The van der Waals surface area contributed by atoms with Crippen LogP contribution in [0.2, 0.25) is 0 Å². The van der Waals surface area contributed by atoms with Crippen molar-refractivity contribution in [3.8, 4) is 16.9 Å². The molecular weight excluding hydrogens is 733 g/mol. The minimum Gasteiger partial charge on any atom is -0.506 e. The highest BCUT2D eigenvalue weighted by molar-refractivity contribution is 5.92. The second-order valence-electron chi connectivity index (χ2n) is 14.9. The molecule has 0 saturated carbocycles. The number of aromatic hydroxyl groups is 1. The predicted molar refractivity (Wildman–Crippen MR) is 229 cm³/mol. The molecule has 0 atom stereocenters. The van der Waals surface area contributed by atoms with Crippen LogP contribution in [-0.2, 0) is 27.2 Å². The smallest absolute Gasteiger partial charge is 0.411 e. The van der Waals surface area contributed by atoms with Crippen molar-refractivity contribution in [2.45, 2.75) is 57.5 Å². The van der Waals surface area contributed by atoms with Crippen LogP contribution in [0.1, 0.15) is 49.7 Å². The third-order valence-corrected chi connectivity index (χ3v) is 10.6. The SMILES string of the molecule is CN(CCCCC(=O)Nc1cccc(CCNCCc2ccc(O)c3[nH]c(=O)ccc23)c1)C(=O)CCN1CCC(OC(=O)Nc2ccccc2-c2ccccc2)CC1. The Kier molecular flexibility index (Phi) is 15.1. The van der Waals surface area contributed by atoms with Gasteiger partial charge >= 0.3 is 6.09 Å². The molecule has 12 heteroatoms. The zero-order valence-corrected chi connectivity index (χ0v) is 33.2. The van der Waals surface area contributed by atoms with Crippen LogP contribution in [0.4, 0.5) is 16.2 Å². The number of para-hydroxylation sites is 1. The van der Waals surface area contributed by atoms with Gasteiger partial charge in [0.1, 0.15) is 11.9 Å². The number of hydrogen-bond acceptors (Lipinski definition) is 8. The van der Waals surface area contributed by atoms with Gasteiger partial charge in [0.2, 0.25) is 17.4 Å². The van der Waals surface area contributed by atoms with Gasteiger partial charge in [-0.2, -0.15) is 0 Å². The van der Waals surface area contributed by atoms with Gasteiger partial charge in [-0.1, -0.05) is 66.7 Å². The normalized spacial score (nSPS) is 13.3. The number of phenols is 1. The van der Waals surface area contributed by atoms with Gasteiger partial charge in [-0.15, -0.1) is 0 Å². The Morgan fingerprint density at radius 2 is 1.62 bits per heavy atom. The van der Waals surface area contributed by atoms with E-state index in [4.69, 9.17) is 4.74 Å². The number of fused-ring (bicyclic) bond motifs is 1. The number of rotatable bonds is 18. The summed E-state index contributed by atoms with van der Waals surface area (Å²) in [5, 5.41) is 20.3. The van der Waals surface area contributed by atoms with E-state index < -0.39 is 6.09 Å². The molecule has 12 nitrogen and oxygen atoms in total. The number of carbonyl (C=O) groups excluding carboxylic acids is 3. The van der Waals surface area contributed by atoms with E-state index in [1.165, 1.54) is 6.07 Å². The number of nitrogens with one attached hydrogen (secondary N) is 4. The molecule has 6 rings (SSSR count). The first kappa shape index (κ1) is 41.6. The number of carbonyl (C=O) groups is 3. The molecule has 5 aromatic rings. The summed E-state index contributed by atoms with van der Waals surface area (Å²) in [4.78, 5) is 56.7. The number of benzene rings is 4. The van der Waals surface area contributed by atoms with Crippen molar-refractivity contribution in [3.05, 3.63) is 125 Å². The Labute approximate surface area is 339 Å². The number of unbranched alkanes of at least 4 members (excludes halogenated alkanes) is 1. The number of anilines is 2. The van der Waals surface area contributed by atoms with E-state index in [1.54, 1.807) is 17.0 Å². The van der Waals surface area contributed by atoms with Crippen molar-refractivity contribution in [1.82, 2.24) is 20.1 Å². The van der Waals surface area contributed by atoms with E-state index in [0.717, 1.165) is 78.8 Å². The van der Waals surface area contributed by atoms with Crippen molar-refractivity contribution < 1.29 is 24.2 Å². The highest BCUT2D eigenvalue weighted by Crippen LogP contribution is 2.28. The minimum atomic E-state index is -0.457. The molecule has 1 aliphatic rings. The molecule has 0 aliphatic carbocycles. The van der Waals surface area contributed by atoms with Crippen LogP contribution in [0.5, 0.6) is 5.75 Å². The number of ether oxygens (including phenoxy) is 1. The summed E-state index contributed by atoms with van der Waals surface area (Å²) in [7, 11) is 1.82. The Morgan fingerprint density at radius 1 is 0.845 bits per heavy atom. The number of H-pyrrole nitrogens is 1. The minimum absolute atomic E-state index is 0.0476. The lowest BCUT2D eigenvalue weighted by Gasteiger charge is -2.31. The van der Waals surface area contributed by atoms with Crippen LogP contribution in [0.25, 0.3) is 22.0 Å². The first-order valence-electron chi connectivity index (χ1n) is 20.2. The van der Waals surface area contributed by atoms with Crippen molar-refractivity contribution in [3.63, 3.8) is 0 Å². The van der Waals surface area contributed by atoms with E-state index in [0.29, 0.717) is 56.4 Å². The standard InChI is InChI=1S/C46H54N6O6/c1-51(44(56)25-31-52-29-23-37(24-30-52)58-46(57)49-40-15-6-5-14-38(40)34-11-3-2-4-12-34)28-8-7-16-42(54)48-36-13-9-10-33(32-36)21-26-47-27-22-35-17-19-41(53)45-39(35)18-20-43(55)50-45/h2-6,9-15,17-20,32,37,47,53H,7-8,16,21-31H2,1H3,(H,48,54)(H,49,57)(H,50,55). The predicted octanol–water partition coefficient (Wildman–Crippen LogP) is 6.95. The van der Waals surface area contributed by atoms with Crippen molar-refractivity contribution in [2.75, 3.05) is 56.9 Å². The number of nitrogens with zero attached hydrogens (tertiary/aromatic N) is 2. The van der Waals surface area contributed by atoms with Crippen LogP contribution in [0, 0.1) is 0 Å². The van der Waals surface area contributed by atoms with Gasteiger partial charge in [0.15, 0.2) is 0 Å². The first-order chi connectivity index (χ1) is 28.2. The summed E-state index contributed by atoms with van der Waals surface area (Å²) in [6.07, 6.45) is 4.56. The molecule has 1 saturated heterocycles. The average molecular weight is 787 g/mol. The zero-order valence-electron chi connectivity index (χ0n) is 33.2. The quantitative estimate of drug-likeness (QED) is 0.0599. The summed E-state index contributed by atoms with van der Waals surface area (Å²) in [5.74, 6) is 0.0941. The number of piperidine rings is 1. The number of likely N-dealkylation sites (tertiary alicyclic amines) is 1. The molecule has 4 aromatic carbocycles. The number of amides is 3. The van der Waals surface area contributed by atoms with Crippen LogP contribution < -0.4 is 21.5 Å². The Bertz CT molecular complexity index is 2200. The number of aromatic nitrogens is 1. The second kappa shape index (κ2) is 21.0. The average Bonchev–Trinajstić information content (AvgIpc) is 3.23. The molecular formula is C46H54N6O6. The van der Waals surface area contributed by atoms with Crippen LogP contribution in [0.3, 0.4) is 0 Å². The third-order valence-electron chi connectivity index (χ3n) is 10.6. The molecule has 0 radical (unpaired) electrons. The maximum Gasteiger partial charge on any atom is 0.411 e. The summed E-state index contributed by atoms with van der Waals surface area (Å²) in [5.41, 5.74) is 5.80. The van der Waals surface area contributed by atoms with E-state index in [-0.39, 0.29) is 29.2 Å². The molecule has 1 aliphatic heterocycles. The summed E-state index contributed by atoms with van der Waals surface area (Å²) in [6, 6.07) is 32.2. The van der Waals surface area contributed by atoms with Gasteiger partial charge in [-0.05, 0) is 98.6 Å². The summed E-state index contributed by atoms with van der Waals surface area (Å²) in [6.45, 7) is 4.27. The van der Waals surface area contributed by atoms with Gasteiger partial charge in [0.05, 0.1) is 11.2 Å². The number of hydrogen-bond donors (Lipinski definition) is 5. The number of aromatic amines is 1. The molecule has 0 bridgehead atoms. The van der Waals surface area contributed by atoms with Crippen LogP contribution >= 0.6 is 0 Å². The number of pyridine rings is 1. The molecule has 2 heterocycles. The molecule has 0 unspecified atom stereocenters. The topological polar surface area (TPSA) is 156 Å². The van der Waals surface area contributed by atoms with E-state index >= 15 is 0 Å². The summed E-state index contributed by atoms with van der Waals surface area (Å²) >= 11 is 0. The van der Waals surface area contributed by atoms with Gasteiger partial charge in [0, 0.05) is 68.8 Å². The van der Waals surface area contributed by atoms with Crippen molar-refractivity contribution in [1.29, 1.82) is 0 Å². The molecule has 0 spiro atoms. The van der Waals surface area contributed by atoms with Crippen molar-refractivity contribution >= 4 is 40.2 Å². The van der Waals surface area contributed by atoms with E-state index in [9.17, 15) is 24.3 Å². The molecule has 1 aromatic heterocycles. The third kappa shape index (κ3) is 12.3. The highest BCUT2D eigenvalue weighted by atomic mass is 16.6. The lowest BCUT2D eigenvalue weighted by Crippen LogP contribution is -2.40. The molecule has 58 heavy (non-hydrogen) atoms. The highest BCUT2D eigenvalue weighted by Gasteiger charge is 2.23. The molecule has 1 fully saturated rings. The summed E-state index contributed by atoms with van der Waals surface area (Å²) < 4.78 is 5.76. The van der Waals surface area contributed by atoms with Gasteiger partial charge in [-0.25, -0.2) is 4.79 Å². The maximum atomic E-state index is 12.9. The molecule has 3 amide bonds. The van der Waals surface area contributed by atoms with Crippen molar-refractivity contribution in [2.24, 2.45) is 0 Å². The second-order valence-corrected chi connectivity index (χ2v) is 14.9. The maximum absolute atomic E-state index is 12.9. The van der Waals surface area contributed by atoms with Gasteiger partial charge in [-0.3, -0.25) is 19.7 Å². The van der Waals surface area contributed by atoms with Crippen LogP contribution in [0.15, 0.2) is 108 Å². The van der Waals surface area contributed by atoms with E-state index in [1.807, 2.05) is 92.0 Å². The van der Waals surface area contributed by atoms with E-state index in [2.05, 4.69) is 25.8 Å². The van der Waals surface area contributed by atoms with Gasteiger partial charge in [0.25, 0.3) is 0 Å². The van der Waals surface area contributed by atoms with Crippen LogP contribution in [-0.4, -0.2) is 90.2 Å². The Hall–Kier alpha value is -5.98. The lowest BCUT2D eigenvalue weighted by atomic mass is 10.0. The lowest BCUT2D eigenvalue weighted by molar-refractivity contribution is -0.130. The zero-order chi connectivity index (χ0) is 40.7. The molecule has 5 N–H and O–H groups in total.